The zero-order valence-electron chi connectivity index (χ0n) is 13.8. The molecule has 2 N–H and O–H groups in total. The number of amides is 1. The van der Waals surface area contributed by atoms with E-state index >= 15 is 0 Å². The third kappa shape index (κ3) is 4.77. The van der Waals surface area contributed by atoms with Gasteiger partial charge >= 0.3 is 6.36 Å². The molecule has 0 aliphatic carbocycles. The van der Waals surface area contributed by atoms with E-state index in [1.54, 1.807) is 0 Å². The summed E-state index contributed by atoms with van der Waals surface area (Å²) in [5.74, 6) is -0.613. The van der Waals surface area contributed by atoms with Gasteiger partial charge in [-0.05, 0) is 36.2 Å². The van der Waals surface area contributed by atoms with Gasteiger partial charge in [-0.25, -0.2) is 13.1 Å². The average Bonchev–Trinajstić information content (AvgIpc) is 2.59. The number of nitrogens with one attached hydrogen (secondary N) is 2. The van der Waals surface area contributed by atoms with Crippen molar-refractivity contribution in [3.05, 3.63) is 53.6 Å². The van der Waals surface area contributed by atoms with Crippen molar-refractivity contribution in [1.82, 2.24) is 4.72 Å². The highest BCUT2D eigenvalue weighted by Gasteiger charge is 2.32. The highest BCUT2D eigenvalue weighted by molar-refractivity contribution is 7.89. The predicted molar refractivity (Wildman–Crippen MR) is 90.5 cm³/mol. The molecular weight excluding hydrogens is 385 g/mol. The second-order valence-corrected chi connectivity index (χ2v) is 7.61. The molecule has 3 rings (SSSR count). The van der Waals surface area contributed by atoms with E-state index in [1.165, 1.54) is 36.4 Å². The minimum Gasteiger partial charge on any atom is -0.405 e. The van der Waals surface area contributed by atoms with Crippen molar-refractivity contribution < 1.29 is 31.1 Å². The zero-order valence-corrected chi connectivity index (χ0v) is 14.7. The van der Waals surface area contributed by atoms with E-state index in [1.807, 2.05) is 0 Å². The van der Waals surface area contributed by atoms with Crippen molar-refractivity contribution in [2.24, 2.45) is 0 Å². The van der Waals surface area contributed by atoms with Crippen molar-refractivity contribution in [3.63, 3.8) is 0 Å². The Morgan fingerprint density at radius 1 is 1.11 bits per heavy atom. The number of rotatable bonds is 5. The standard InChI is InChI=1S/C17H15F3N2O4S/c18-17(19,20)26-15-4-2-1-3-12(15)10-21-27(24,25)13-6-7-14-11(9-13)5-8-16(23)22-14/h1-4,6-7,9,21H,5,8,10H2,(H,22,23). The number of hydrogen-bond acceptors (Lipinski definition) is 4. The highest BCUT2D eigenvalue weighted by Crippen LogP contribution is 2.28. The Bertz CT molecular complexity index is 974. The fourth-order valence-electron chi connectivity index (χ4n) is 2.66. The number of fused-ring (bicyclic) bond motifs is 1. The van der Waals surface area contributed by atoms with E-state index in [2.05, 4.69) is 14.8 Å². The molecule has 1 amide bonds. The first-order valence-electron chi connectivity index (χ1n) is 7.90. The van der Waals surface area contributed by atoms with Crippen molar-refractivity contribution in [2.45, 2.75) is 30.6 Å². The number of ether oxygens (including phenoxy) is 1. The molecule has 0 atom stereocenters. The van der Waals surface area contributed by atoms with Crippen LogP contribution in [-0.2, 0) is 27.8 Å². The lowest BCUT2D eigenvalue weighted by atomic mass is 10.0. The molecule has 0 spiro atoms. The van der Waals surface area contributed by atoms with E-state index in [-0.39, 0.29) is 29.3 Å². The molecule has 27 heavy (non-hydrogen) atoms. The van der Waals surface area contributed by atoms with Gasteiger partial charge in [-0.3, -0.25) is 4.79 Å². The van der Waals surface area contributed by atoms with Crippen molar-refractivity contribution in [3.8, 4) is 5.75 Å². The maximum absolute atomic E-state index is 12.5. The van der Waals surface area contributed by atoms with E-state index in [4.69, 9.17) is 0 Å². The summed E-state index contributed by atoms with van der Waals surface area (Å²) in [6, 6.07) is 9.54. The summed E-state index contributed by atoms with van der Waals surface area (Å²) in [5, 5.41) is 2.65. The van der Waals surface area contributed by atoms with Crippen LogP contribution in [-0.4, -0.2) is 20.7 Å². The molecule has 1 heterocycles. The lowest BCUT2D eigenvalue weighted by Gasteiger charge is -2.18. The second kappa shape index (κ2) is 7.20. The number of aryl methyl sites for hydroxylation is 1. The van der Waals surface area contributed by atoms with Gasteiger partial charge in [-0.1, -0.05) is 18.2 Å². The summed E-state index contributed by atoms with van der Waals surface area (Å²) in [6.45, 7) is -0.373. The fraction of sp³-hybridized carbons (Fsp3) is 0.235. The van der Waals surface area contributed by atoms with Crippen LogP contribution in [0.25, 0.3) is 0 Å². The quantitative estimate of drug-likeness (QED) is 0.808. The second-order valence-electron chi connectivity index (χ2n) is 5.85. The molecule has 1 aliphatic rings. The first-order chi connectivity index (χ1) is 12.6. The van der Waals surface area contributed by atoms with Crippen LogP contribution < -0.4 is 14.8 Å². The van der Waals surface area contributed by atoms with E-state index < -0.39 is 22.1 Å². The van der Waals surface area contributed by atoms with Gasteiger partial charge in [-0.15, -0.1) is 13.2 Å². The molecule has 0 saturated carbocycles. The number of anilines is 1. The lowest BCUT2D eigenvalue weighted by molar-refractivity contribution is -0.274. The Morgan fingerprint density at radius 3 is 2.59 bits per heavy atom. The number of hydrogen-bond donors (Lipinski definition) is 2. The third-order valence-electron chi connectivity index (χ3n) is 3.93. The van der Waals surface area contributed by atoms with Gasteiger partial charge in [0.25, 0.3) is 0 Å². The van der Waals surface area contributed by atoms with Crippen LogP contribution in [0.4, 0.5) is 18.9 Å². The SMILES string of the molecule is O=C1CCc2cc(S(=O)(=O)NCc3ccccc3OC(F)(F)F)ccc2N1. The van der Waals surface area contributed by atoms with Crippen LogP contribution in [0.2, 0.25) is 0 Å². The Morgan fingerprint density at radius 2 is 1.85 bits per heavy atom. The van der Waals surface area contributed by atoms with E-state index in [9.17, 15) is 26.4 Å². The molecule has 144 valence electrons. The van der Waals surface area contributed by atoms with Crippen LogP contribution in [0, 0.1) is 0 Å². The third-order valence-corrected chi connectivity index (χ3v) is 5.33. The molecule has 1 aliphatic heterocycles. The molecular formula is C17H15F3N2O4S. The largest absolute Gasteiger partial charge is 0.573 e. The first kappa shape index (κ1) is 19.2. The summed E-state index contributed by atoms with van der Waals surface area (Å²) in [7, 11) is -3.97. The van der Waals surface area contributed by atoms with Crippen LogP contribution in [0.1, 0.15) is 17.5 Å². The number of alkyl halides is 3. The molecule has 0 fully saturated rings. The maximum atomic E-state index is 12.5. The Hall–Kier alpha value is -2.59. The summed E-state index contributed by atoms with van der Waals surface area (Å²) in [4.78, 5) is 11.3. The van der Waals surface area contributed by atoms with Gasteiger partial charge < -0.3 is 10.1 Å². The average molecular weight is 400 g/mol. The summed E-state index contributed by atoms with van der Waals surface area (Å²) >= 11 is 0. The topological polar surface area (TPSA) is 84.5 Å². The number of para-hydroxylation sites is 1. The Kier molecular flexibility index (Phi) is 5.11. The van der Waals surface area contributed by atoms with Gasteiger partial charge in [0, 0.05) is 24.2 Å². The molecule has 0 bridgehead atoms. The fourth-order valence-corrected chi connectivity index (χ4v) is 3.71. The van der Waals surface area contributed by atoms with Crippen LogP contribution in [0.5, 0.6) is 5.75 Å². The zero-order chi connectivity index (χ0) is 19.7. The van der Waals surface area contributed by atoms with Crippen molar-refractivity contribution >= 4 is 21.6 Å². The normalized spacial score (nSPS) is 14.4. The molecule has 2 aromatic rings. The Labute approximate surface area is 153 Å². The summed E-state index contributed by atoms with van der Waals surface area (Å²) in [6.07, 6.45) is -4.21. The van der Waals surface area contributed by atoms with E-state index in [0.717, 1.165) is 6.07 Å². The van der Waals surface area contributed by atoms with Gasteiger partial charge in [0.15, 0.2) is 0 Å². The number of carbonyl (C=O) groups is 1. The van der Waals surface area contributed by atoms with Gasteiger partial charge in [0.05, 0.1) is 4.90 Å². The highest BCUT2D eigenvalue weighted by atomic mass is 32.2. The first-order valence-corrected chi connectivity index (χ1v) is 9.38. The molecule has 2 aromatic carbocycles. The monoisotopic (exact) mass is 400 g/mol. The number of sulfonamides is 1. The molecule has 0 unspecified atom stereocenters. The molecule has 0 saturated heterocycles. The smallest absolute Gasteiger partial charge is 0.405 e. The number of halogens is 3. The minimum absolute atomic E-state index is 0.0355. The van der Waals surface area contributed by atoms with E-state index in [0.29, 0.717) is 17.7 Å². The molecule has 10 heteroatoms. The molecule has 0 aromatic heterocycles. The summed E-state index contributed by atoms with van der Waals surface area (Å²) < 4.78 is 68.5. The Balaban J connectivity index is 1.78. The van der Waals surface area contributed by atoms with Crippen LogP contribution in [0.15, 0.2) is 47.4 Å². The van der Waals surface area contributed by atoms with Gasteiger partial charge in [0.2, 0.25) is 15.9 Å². The number of carbonyl (C=O) groups excluding carboxylic acids is 1. The van der Waals surface area contributed by atoms with Crippen LogP contribution >= 0.6 is 0 Å². The van der Waals surface area contributed by atoms with Gasteiger partial charge in [-0.2, -0.15) is 0 Å². The minimum atomic E-state index is -4.88. The maximum Gasteiger partial charge on any atom is 0.573 e. The summed E-state index contributed by atoms with van der Waals surface area (Å²) in [5.41, 5.74) is 1.27. The van der Waals surface area contributed by atoms with Crippen LogP contribution in [0.3, 0.4) is 0 Å². The van der Waals surface area contributed by atoms with Crippen molar-refractivity contribution in [2.75, 3.05) is 5.32 Å². The number of benzene rings is 2. The van der Waals surface area contributed by atoms with Gasteiger partial charge in [0.1, 0.15) is 5.75 Å². The predicted octanol–water partition coefficient (Wildman–Crippen LogP) is 2.95. The molecule has 0 radical (unpaired) electrons. The van der Waals surface area contributed by atoms with Crippen molar-refractivity contribution in [1.29, 1.82) is 0 Å². The molecule has 6 nitrogen and oxygen atoms in total. The lowest BCUT2D eigenvalue weighted by Crippen LogP contribution is -2.25.